The number of halogens is 1. The molecule has 0 spiro atoms. The van der Waals surface area contributed by atoms with Crippen LogP contribution in [0.15, 0.2) is 48.5 Å². The first-order chi connectivity index (χ1) is 12.9. The number of H-pyrrole nitrogens is 1. The van der Waals surface area contributed by atoms with Crippen molar-refractivity contribution in [2.45, 2.75) is 13.8 Å². The summed E-state index contributed by atoms with van der Waals surface area (Å²) >= 11 is 5.98. The maximum Gasteiger partial charge on any atom is 0.269 e. The van der Waals surface area contributed by atoms with E-state index < -0.39 is 5.91 Å². The third-order valence-corrected chi connectivity index (χ3v) is 4.33. The number of carbonyl (C=O) groups excluding carboxylic acids is 2. The molecule has 0 fully saturated rings. The van der Waals surface area contributed by atoms with Crippen LogP contribution in [0, 0.1) is 13.8 Å². The second-order valence-electron chi connectivity index (χ2n) is 6.17. The summed E-state index contributed by atoms with van der Waals surface area (Å²) in [5.74, 6) is -0.706. The Morgan fingerprint density at radius 1 is 1.07 bits per heavy atom. The highest BCUT2D eigenvalue weighted by atomic mass is 35.5. The molecular weight excluding hydrogens is 364 g/mol. The topological polar surface area (TPSA) is 86.9 Å². The van der Waals surface area contributed by atoms with Gasteiger partial charge in [0.15, 0.2) is 0 Å². The summed E-state index contributed by atoms with van der Waals surface area (Å²) in [4.78, 5) is 24.4. The molecule has 0 unspecified atom stereocenters. The fourth-order valence-corrected chi connectivity index (χ4v) is 2.88. The van der Waals surface area contributed by atoms with E-state index in [4.69, 9.17) is 11.6 Å². The molecule has 0 aliphatic carbocycles. The van der Waals surface area contributed by atoms with E-state index in [2.05, 4.69) is 20.8 Å². The van der Waals surface area contributed by atoms with Crippen LogP contribution in [0.1, 0.15) is 21.6 Å². The molecule has 3 N–H and O–H groups in total. The van der Waals surface area contributed by atoms with Gasteiger partial charge in [-0.2, -0.15) is 5.10 Å². The summed E-state index contributed by atoms with van der Waals surface area (Å²) in [6.45, 7) is 3.70. The van der Waals surface area contributed by atoms with E-state index in [1.807, 2.05) is 44.2 Å². The van der Waals surface area contributed by atoms with Gasteiger partial charge in [-0.05, 0) is 43.2 Å². The average Bonchev–Trinajstić information content (AvgIpc) is 3.13. The quantitative estimate of drug-likeness (QED) is 0.628. The number of nitrogens with zero attached hydrogens (tertiary/aromatic N) is 1. The molecule has 0 saturated heterocycles. The Labute approximate surface area is 161 Å². The predicted octanol–water partition coefficient (Wildman–Crippen LogP) is 3.72. The number of anilines is 1. The lowest BCUT2D eigenvalue weighted by Crippen LogP contribution is -2.33. The van der Waals surface area contributed by atoms with Gasteiger partial charge in [-0.15, -0.1) is 0 Å². The Bertz CT molecular complexity index is 977. The molecule has 1 heterocycles. The second-order valence-corrected chi connectivity index (χ2v) is 6.61. The number of rotatable bonds is 5. The highest BCUT2D eigenvalue weighted by Gasteiger charge is 2.13. The molecule has 1 aromatic heterocycles. The Kier molecular flexibility index (Phi) is 5.57. The number of aromatic amines is 1. The summed E-state index contributed by atoms with van der Waals surface area (Å²) in [5.41, 5.74) is 4.36. The third kappa shape index (κ3) is 4.54. The fourth-order valence-electron chi connectivity index (χ4n) is 2.68. The number of carbonyl (C=O) groups is 2. The number of nitrogens with one attached hydrogen (secondary N) is 3. The normalized spacial score (nSPS) is 10.5. The summed E-state index contributed by atoms with van der Waals surface area (Å²) in [6, 6.07) is 14.6. The Morgan fingerprint density at radius 3 is 2.48 bits per heavy atom. The van der Waals surface area contributed by atoms with E-state index in [0.29, 0.717) is 10.7 Å². The monoisotopic (exact) mass is 382 g/mol. The van der Waals surface area contributed by atoms with Crippen molar-refractivity contribution in [1.82, 2.24) is 15.5 Å². The minimum absolute atomic E-state index is 0.141. The van der Waals surface area contributed by atoms with Crippen molar-refractivity contribution in [1.29, 1.82) is 0 Å². The molecule has 0 aliphatic rings. The van der Waals surface area contributed by atoms with E-state index in [-0.39, 0.29) is 18.1 Å². The maximum absolute atomic E-state index is 12.3. The van der Waals surface area contributed by atoms with Crippen LogP contribution < -0.4 is 10.6 Å². The van der Waals surface area contributed by atoms with E-state index in [1.165, 1.54) is 0 Å². The molecule has 0 saturated carbocycles. The van der Waals surface area contributed by atoms with Crippen LogP contribution in [0.3, 0.4) is 0 Å². The van der Waals surface area contributed by atoms with Gasteiger partial charge in [-0.25, -0.2) is 0 Å². The molecular formula is C20H19ClN4O2. The zero-order valence-corrected chi connectivity index (χ0v) is 15.7. The number of aryl methyl sites for hydroxylation is 2. The number of para-hydroxylation sites is 1. The molecule has 0 atom stereocenters. The smallest absolute Gasteiger partial charge is 0.269 e. The van der Waals surface area contributed by atoms with Gasteiger partial charge in [0, 0.05) is 16.3 Å². The Balaban J connectivity index is 1.60. The molecule has 7 heteroatoms. The van der Waals surface area contributed by atoms with Gasteiger partial charge in [0.2, 0.25) is 5.91 Å². The van der Waals surface area contributed by atoms with Gasteiger partial charge in [-0.1, -0.05) is 41.9 Å². The predicted molar refractivity (Wildman–Crippen MR) is 106 cm³/mol. The molecule has 6 nitrogen and oxygen atoms in total. The molecule has 2 amide bonds. The van der Waals surface area contributed by atoms with Crippen LogP contribution in [0.25, 0.3) is 11.3 Å². The molecule has 27 heavy (non-hydrogen) atoms. The zero-order chi connectivity index (χ0) is 19.4. The molecule has 0 bridgehead atoms. The van der Waals surface area contributed by atoms with Gasteiger partial charge in [-0.3, -0.25) is 14.7 Å². The van der Waals surface area contributed by atoms with Gasteiger partial charge in [0.1, 0.15) is 5.69 Å². The molecule has 2 aromatic carbocycles. The molecule has 0 aliphatic heterocycles. The number of benzene rings is 2. The number of hydrogen-bond acceptors (Lipinski definition) is 3. The van der Waals surface area contributed by atoms with Gasteiger partial charge < -0.3 is 10.6 Å². The molecule has 138 valence electrons. The zero-order valence-electron chi connectivity index (χ0n) is 15.0. The lowest BCUT2D eigenvalue weighted by molar-refractivity contribution is -0.115. The Morgan fingerprint density at radius 2 is 1.78 bits per heavy atom. The lowest BCUT2D eigenvalue weighted by atomic mass is 10.1. The highest BCUT2D eigenvalue weighted by Crippen LogP contribution is 2.21. The molecule has 0 radical (unpaired) electrons. The van der Waals surface area contributed by atoms with Crippen molar-refractivity contribution in [3.8, 4) is 11.3 Å². The summed E-state index contributed by atoms with van der Waals surface area (Å²) < 4.78 is 0. The first-order valence-corrected chi connectivity index (χ1v) is 8.77. The van der Waals surface area contributed by atoms with Crippen molar-refractivity contribution < 1.29 is 9.59 Å². The van der Waals surface area contributed by atoms with Gasteiger partial charge in [0.05, 0.1) is 12.2 Å². The van der Waals surface area contributed by atoms with Crippen LogP contribution in [0.5, 0.6) is 0 Å². The van der Waals surface area contributed by atoms with Crippen molar-refractivity contribution in [3.63, 3.8) is 0 Å². The number of amides is 2. The van der Waals surface area contributed by atoms with Gasteiger partial charge in [0.25, 0.3) is 5.91 Å². The third-order valence-electron chi connectivity index (χ3n) is 4.10. The van der Waals surface area contributed by atoms with Crippen molar-refractivity contribution in [2.75, 3.05) is 11.9 Å². The molecule has 3 aromatic rings. The van der Waals surface area contributed by atoms with Crippen LogP contribution in [-0.4, -0.2) is 28.6 Å². The standard InChI is InChI=1S/C20H19ClN4O2/c1-12-5-3-6-13(2)19(12)23-18(26)11-22-20(27)17-10-16(24-25-17)14-7-4-8-15(21)9-14/h3-10H,11H2,1-2H3,(H,22,27)(H,23,26)(H,24,25). The number of aromatic nitrogens is 2. The van der Waals surface area contributed by atoms with Crippen LogP contribution >= 0.6 is 11.6 Å². The van der Waals surface area contributed by atoms with E-state index in [0.717, 1.165) is 22.4 Å². The first kappa shape index (κ1) is 18.7. The highest BCUT2D eigenvalue weighted by molar-refractivity contribution is 6.30. The fraction of sp³-hybridized carbons (Fsp3) is 0.150. The van der Waals surface area contributed by atoms with E-state index in [9.17, 15) is 9.59 Å². The van der Waals surface area contributed by atoms with Crippen LogP contribution in [0.2, 0.25) is 5.02 Å². The minimum Gasteiger partial charge on any atom is -0.342 e. The SMILES string of the molecule is Cc1cccc(C)c1NC(=O)CNC(=O)c1cc(-c2cccc(Cl)c2)n[nH]1. The Hall–Kier alpha value is -3.12. The minimum atomic E-state index is -0.410. The summed E-state index contributed by atoms with van der Waals surface area (Å²) in [7, 11) is 0. The van der Waals surface area contributed by atoms with Crippen molar-refractivity contribution in [3.05, 3.63) is 70.4 Å². The van der Waals surface area contributed by atoms with E-state index >= 15 is 0 Å². The average molecular weight is 383 g/mol. The summed E-state index contributed by atoms with van der Waals surface area (Å²) in [5, 5.41) is 12.8. The van der Waals surface area contributed by atoms with Crippen molar-refractivity contribution >= 4 is 29.1 Å². The number of hydrogen-bond donors (Lipinski definition) is 3. The van der Waals surface area contributed by atoms with Gasteiger partial charge >= 0.3 is 0 Å². The van der Waals surface area contributed by atoms with Crippen molar-refractivity contribution in [2.24, 2.45) is 0 Å². The maximum atomic E-state index is 12.3. The first-order valence-electron chi connectivity index (χ1n) is 8.39. The largest absolute Gasteiger partial charge is 0.342 e. The van der Waals surface area contributed by atoms with E-state index in [1.54, 1.807) is 18.2 Å². The summed E-state index contributed by atoms with van der Waals surface area (Å²) in [6.07, 6.45) is 0. The van der Waals surface area contributed by atoms with Crippen LogP contribution in [-0.2, 0) is 4.79 Å². The molecule has 3 rings (SSSR count). The lowest BCUT2D eigenvalue weighted by Gasteiger charge is -2.11. The second kappa shape index (κ2) is 8.05. The van der Waals surface area contributed by atoms with Crippen LogP contribution in [0.4, 0.5) is 5.69 Å².